The van der Waals surface area contributed by atoms with Crippen molar-refractivity contribution >= 4 is 17.7 Å². The van der Waals surface area contributed by atoms with Crippen molar-refractivity contribution in [1.82, 2.24) is 5.32 Å². The van der Waals surface area contributed by atoms with Crippen LogP contribution >= 0.6 is 0 Å². The SMILES string of the molecule is CC(C)C(NC(=O)c1cccc2c1-c1ccccc1C2=O)C(=O)O. The van der Waals surface area contributed by atoms with Crippen molar-refractivity contribution in [2.45, 2.75) is 19.9 Å². The number of hydrogen-bond donors (Lipinski definition) is 2. The highest BCUT2D eigenvalue weighted by atomic mass is 16.4. The minimum atomic E-state index is -1.08. The summed E-state index contributed by atoms with van der Waals surface area (Å²) in [4.78, 5) is 36.5. The monoisotopic (exact) mass is 323 g/mol. The summed E-state index contributed by atoms with van der Waals surface area (Å²) in [6, 6.07) is 11.1. The number of ketones is 1. The van der Waals surface area contributed by atoms with E-state index in [9.17, 15) is 19.5 Å². The lowest BCUT2D eigenvalue weighted by atomic mass is 9.97. The van der Waals surface area contributed by atoms with Crippen molar-refractivity contribution in [3.8, 4) is 11.1 Å². The molecule has 1 amide bonds. The van der Waals surface area contributed by atoms with Gasteiger partial charge in [0.1, 0.15) is 6.04 Å². The van der Waals surface area contributed by atoms with Gasteiger partial charge in [-0.3, -0.25) is 9.59 Å². The first kappa shape index (κ1) is 15.9. The Balaban J connectivity index is 2.05. The van der Waals surface area contributed by atoms with Crippen LogP contribution in [0, 0.1) is 5.92 Å². The molecular weight excluding hydrogens is 306 g/mol. The van der Waals surface area contributed by atoms with E-state index < -0.39 is 17.9 Å². The number of amides is 1. The summed E-state index contributed by atoms with van der Waals surface area (Å²) in [5, 5.41) is 11.8. The molecule has 0 heterocycles. The van der Waals surface area contributed by atoms with Gasteiger partial charge >= 0.3 is 5.97 Å². The van der Waals surface area contributed by atoms with E-state index in [0.717, 1.165) is 0 Å². The molecule has 24 heavy (non-hydrogen) atoms. The third-order valence-electron chi connectivity index (χ3n) is 4.21. The Labute approximate surface area is 139 Å². The second kappa shape index (κ2) is 5.92. The van der Waals surface area contributed by atoms with Crippen LogP contribution in [0.3, 0.4) is 0 Å². The molecule has 1 aliphatic rings. The Morgan fingerprint density at radius 1 is 0.958 bits per heavy atom. The maximum Gasteiger partial charge on any atom is 0.326 e. The molecule has 5 nitrogen and oxygen atoms in total. The topological polar surface area (TPSA) is 83.5 Å². The van der Waals surface area contributed by atoms with Crippen LogP contribution < -0.4 is 5.32 Å². The van der Waals surface area contributed by atoms with Gasteiger partial charge in [-0.05, 0) is 17.5 Å². The molecule has 0 saturated heterocycles. The van der Waals surface area contributed by atoms with E-state index in [-0.39, 0.29) is 11.7 Å². The number of carbonyl (C=O) groups excluding carboxylic acids is 2. The van der Waals surface area contributed by atoms with E-state index in [1.54, 1.807) is 50.2 Å². The molecule has 2 N–H and O–H groups in total. The first-order valence-electron chi connectivity index (χ1n) is 7.72. The molecule has 0 bridgehead atoms. The number of fused-ring (bicyclic) bond motifs is 3. The molecule has 2 aromatic rings. The highest BCUT2D eigenvalue weighted by molar-refractivity contribution is 6.24. The third kappa shape index (κ3) is 2.48. The van der Waals surface area contributed by atoms with Crippen molar-refractivity contribution in [1.29, 1.82) is 0 Å². The average molecular weight is 323 g/mol. The summed E-state index contributed by atoms with van der Waals surface area (Å²) in [6.45, 7) is 3.46. The quantitative estimate of drug-likeness (QED) is 0.773. The number of nitrogens with one attached hydrogen (secondary N) is 1. The number of carboxylic acid groups (broad SMARTS) is 1. The first-order valence-corrected chi connectivity index (χ1v) is 7.72. The van der Waals surface area contributed by atoms with Gasteiger partial charge in [-0.1, -0.05) is 50.2 Å². The Morgan fingerprint density at radius 3 is 2.21 bits per heavy atom. The normalized spacial score (nSPS) is 13.4. The van der Waals surface area contributed by atoms with Crippen LogP contribution in [-0.2, 0) is 4.79 Å². The molecular formula is C19H17NO4. The van der Waals surface area contributed by atoms with Gasteiger partial charge in [0.15, 0.2) is 5.78 Å². The molecule has 1 atom stereocenters. The molecule has 1 aliphatic carbocycles. The predicted octanol–water partition coefficient (Wildman–Crippen LogP) is 2.74. The summed E-state index contributed by atoms with van der Waals surface area (Å²) in [6.07, 6.45) is 0. The lowest BCUT2D eigenvalue weighted by Crippen LogP contribution is -2.44. The summed E-state index contributed by atoms with van der Waals surface area (Å²) in [5.74, 6) is -1.94. The highest BCUT2D eigenvalue weighted by Gasteiger charge is 2.31. The van der Waals surface area contributed by atoms with Gasteiger partial charge in [-0.25, -0.2) is 4.79 Å². The first-order chi connectivity index (χ1) is 11.4. The maximum atomic E-state index is 12.7. The second-order valence-electron chi connectivity index (χ2n) is 6.14. The molecule has 1 unspecified atom stereocenters. The maximum absolute atomic E-state index is 12.7. The molecule has 122 valence electrons. The smallest absolute Gasteiger partial charge is 0.326 e. The number of aliphatic carboxylic acids is 1. The van der Waals surface area contributed by atoms with Gasteiger partial charge in [0.2, 0.25) is 0 Å². The minimum absolute atomic E-state index is 0.117. The zero-order chi connectivity index (χ0) is 17.4. The predicted molar refractivity (Wildman–Crippen MR) is 89.0 cm³/mol. The lowest BCUT2D eigenvalue weighted by molar-refractivity contribution is -0.140. The van der Waals surface area contributed by atoms with E-state index in [4.69, 9.17) is 0 Å². The molecule has 5 heteroatoms. The number of hydrogen-bond acceptors (Lipinski definition) is 3. The van der Waals surface area contributed by atoms with Crippen LogP contribution in [0.25, 0.3) is 11.1 Å². The standard InChI is InChI=1S/C19H17NO4/c1-10(2)16(19(23)24)20-18(22)14-9-5-8-13-15(14)11-6-3-4-7-12(11)17(13)21/h3-10,16H,1-2H3,(H,20,22)(H,23,24). The number of carboxylic acids is 1. The van der Waals surface area contributed by atoms with Crippen LogP contribution in [0.2, 0.25) is 0 Å². The van der Waals surface area contributed by atoms with Gasteiger partial charge in [0.05, 0.1) is 0 Å². The summed E-state index contributed by atoms with van der Waals surface area (Å²) >= 11 is 0. The van der Waals surface area contributed by atoms with Gasteiger partial charge in [-0.15, -0.1) is 0 Å². The Morgan fingerprint density at radius 2 is 1.58 bits per heavy atom. The minimum Gasteiger partial charge on any atom is -0.480 e. The Kier molecular flexibility index (Phi) is 3.93. The Bertz CT molecular complexity index is 854. The fraction of sp³-hybridized carbons (Fsp3) is 0.211. The fourth-order valence-corrected chi connectivity index (χ4v) is 3.00. The van der Waals surface area contributed by atoms with Crippen molar-refractivity contribution in [2.75, 3.05) is 0 Å². The van der Waals surface area contributed by atoms with E-state index in [0.29, 0.717) is 27.8 Å². The van der Waals surface area contributed by atoms with E-state index in [1.165, 1.54) is 0 Å². The fourth-order valence-electron chi connectivity index (χ4n) is 3.00. The van der Waals surface area contributed by atoms with Gasteiger partial charge < -0.3 is 10.4 Å². The molecule has 0 aromatic heterocycles. The molecule has 0 fully saturated rings. The van der Waals surface area contributed by atoms with E-state index in [2.05, 4.69) is 5.32 Å². The van der Waals surface area contributed by atoms with E-state index >= 15 is 0 Å². The number of benzene rings is 2. The zero-order valence-corrected chi connectivity index (χ0v) is 13.4. The van der Waals surface area contributed by atoms with Gasteiger partial charge in [0.25, 0.3) is 5.91 Å². The van der Waals surface area contributed by atoms with Crippen LogP contribution in [0.5, 0.6) is 0 Å². The van der Waals surface area contributed by atoms with Crippen molar-refractivity contribution < 1.29 is 19.5 Å². The molecule has 0 radical (unpaired) electrons. The average Bonchev–Trinajstić information content (AvgIpc) is 2.85. The van der Waals surface area contributed by atoms with Crippen molar-refractivity contribution in [2.24, 2.45) is 5.92 Å². The van der Waals surface area contributed by atoms with Crippen molar-refractivity contribution in [3.63, 3.8) is 0 Å². The summed E-state index contributed by atoms with van der Waals surface area (Å²) in [5.41, 5.74) is 2.63. The summed E-state index contributed by atoms with van der Waals surface area (Å²) < 4.78 is 0. The second-order valence-corrected chi connectivity index (χ2v) is 6.14. The number of rotatable bonds is 4. The van der Waals surface area contributed by atoms with Crippen LogP contribution in [0.4, 0.5) is 0 Å². The van der Waals surface area contributed by atoms with E-state index in [1.807, 2.05) is 6.07 Å². The zero-order valence-electron chi connectivity index (χ0n) is 13.4. The van der Waals surface area contributed by atoms with Crippen LogP contribution in [-0.4, -0.2) is 28.8 Å². The molecule has 0 saturated carbocycles. The highest BCUT2D eigenvalue weighted by Crippen LogP contribution is 2.38. The third-order valence-corrected chi connectivity index (χ3v) is 4.21. The number of carbonyl (C=O) groups is 3. The molecule has 0 spiro atoms. The largest absolute Gasteiger partial charge is 0.480 e. The summed E-state index contributed by atoms with van der Waals surface area (Å²) in [7, 11) is 0. The van der Waals surface area contributed by atoms with Gasteiger partial charge in [0, 0.05) is 22.3 Å². The van der Waals surface area contributed by atoms with Crippen LogP contribution in [0.15, 0.2) is 42.5 Å². The Hall–Kier alpha value is -2.95. The van der Waals surface area contributed by atoms with Crippen molar-refractivity contribution in [3.05, 3.63) is 59.2 Å². The molecule has 2 aromatic carbocycles. The van der Waals surface area contributed by atoms with Crippen LogP contribution in [0.1, 0.15) is 40.1 Å². The molecule has 0 aliphatic heterocycles. The lowest BCUT2D eigenvalue weighted by Gasteiger charge is -2.19. The molecule has 3 rings (SSSR count). The van der Waals surface area contributed by atoms with Gasteiger partial charge in [-0.2, -0.15) is 0 Å².